The van der Waals surface area contributed by atoms with Gasteiger partial charge in [-0.2, -0.15) is 0 Å². The molecule has 0 aromatic heterocycles. The molecule has 0 N–H and O–H groups in total. The summed E-state index contributed by atoms with van der Waals surface area (Å²) in [6.07, 6.45) is 2.03. The Morgan fingerprint density at radius 2 is 2.08 bits per heavy atom. The van der Waals surface area contributed by atoms with Crippen molar-refractivity contribution in [2.45, 2.75) is 52.4 Å². The minimum atomic E-state index is 0.0117. The van der Waals surface area contributed by atoms with Crippen molar-refractivity contribution >= 4 is 0 Å². The first-order valence-corrected chi connectivity index (χ1v) is 4.79. The molecule has 72 valence electrons. The Bertz CT molecular complexity index is 141. The van der Waals surface area contributed by atoms with Crippen LogP contribution < -0.4 is 0 Å². The topological polar surface area (TPSA) is 18.5 Å². The summed E-state index contributed by atoms with van der Waals surface area (Å²) in [5.74, 6) is 0.642. The van der Waals surface area contributed by atoms with E-state index in [0.717, 1.165) is 19.4 Å². The van der Waals surface area contributed by atoms with Crippen LogP contribution in [-0.2, 0) is 9.47 Å². The van der Waals surface area contributed by atoms with Crippen molar-refractivity contribution in [2.24, 2.45) is 5.92 Å². The first kappa shape index (κ1) is 10.0. The zero-order valence-corrected chi connectivity index (χ0v) is 8.59. The maximum Gasteiger partial charge on any atom is 0.158 e. The summed E-state index contributed by atoms with van der Waals surface area (Å²) in [5, 5.41) is 0. The molecule has 0 amide bonds. The first-order chi connectivity index (χ1) is 5.49. The van der Waals surface area contributed by atoms with Crippen LogP contribution in [-0.4, -0.2) is 18.5 Å². The van der Waals surface area contributed by atoms with Gasteiger partial charge in [0, 0.05) is 6.42 Å². The molecule has 0 saturated carbocycles. The van der Waals surface area contributed by atoms with Gasteiger partial charge in [0.15, 0.2) is 6.29 Å². The zero-order chi connectivity index (χ0) is 9.19. The minimum Gasteiger partial charge on any atom is -0.353 e. The van der Waals surface area contributed by atoms with Crippen LogP contribution >= 0.6 is 0 Å². The average molecular weight is 172 g/mol. The predicted octanol–water partition coefficient (Wildman–Crippen LogP) is 2.57. The van der Waals surface area contributed by atoms with Gasteiger partial charge in [0.25, 0.3) is 0 Å². The molecule has 0 spiro atoms. The van der Waals surface area contributed by atoms with Crippen LogP contribution in [0.3, 0.4) is 0 Å². The lowest BCUT2D eigenvalue weighted by Gasteiger charge is -2.36. The van der Waals surface area contributed by atoms with Gasteiger partial charge >= 0.3 is 0 Å². The Morgan fingerprint density at radius 1 is 1.42 bits per heavy atom. The third kappa shape index (κ3) is 3.11. The van der Waals surface area contributed by atoms with Crippen molar-refractivity contribution in [3.8, 4) is 0 Å². The van der Waals surface area contributed by atoms with E-state index >= 15 is 0 Å². The van der Waals surface area contributed by atoms with Crippen LogP contribution in [0.4, 0.5) is 0 Å². The SMILES string of the molecule is CC(C)CC1OCCC(C)(C)O1. The molecule has 1 unspecified atom stereocenters. The fourth-order valence-electron chi connectivity index (χ4n) is 1.39. The van der Waals surface area contributed by atoms with Gasteiger partial charge in [-0.3, -0.25) is 0 Å². The van der Waals surface area contributed by atoms with Crippen LogP contribution in [0.5, 0.6) is 0 Å². The number of hydrogen-bond acceptors (Lipinski definition) is 2. The van der Waals surface area contributed by atoms with Gasteiger partial charge < -0.3 is 9.47 Å². The van der Waals surface area contributed by atoms with Crippen molar-refractivity contribution < 1.29 is 9.47 Å². The largest absolute Gasteiger partial charge is 0.353 e. The molecule has 0 aromatic rings. The predicted molar refractivity (Wildman–Crippen MR) is 49.0 cm³/mol. The molecule has 1 heterocycles. The van der Waals surface area contributed by atoms with Crippen LogP contribution in [0.15, 0.2) is 0 Å². The third-order valence-corrected chi connectivity index (χ3v) is 2.12. The van der Waals surface area contributed by atoms with E-state index in [1.807, 2.05) is 0 Å². The number of hydrogen-bond donors (Lipinski definition) is 0. The number of rotatable bonds is 2. The standard InChI is InChI=1S/C10H20O2/c1-8(2)7-9-11-6-5-10(3,4)12-9/h8-9H,5-7H2,1-4H3. The average Bonchev–Trinajstić information content (AvgIpc) is 1.82. The summed E-state index contributed by atoms with van der Waals surface area (Å²) in [7, 11) is 0. The van der Waals surface area contributed by atoms with E-state index < -0.39 is 0 Å². The minimum absolute atomic E-state index is 0.0117. The van der Waals surface area contributed by atoms with E-state index in [-0.39, 0.29) is 11.9 Å². The highest BCUT2D eigenvalue weighted by molar-refractivity contribution is 4.73. The van der Waals surface area contributed by atoms with E-state index in [1.165, 1.54) is 0 Å². The Hall–Kier alpha value is -0.0800. The molecule has 1 rings (SSSR count). The lowest BCUT2D eigenvalue weighted by atomic mass is 10.0. The smallest absolute Gasteiger partial charge is 0.158 e. The molecule has 1 fully saturated rings. The molecule has 0 aromatic carbocycles. The second-order valence-electron chi connectivity index (χ2n) is 4.56. The van der Waals surface area contributed by atoms with Crippen molar-refractivity contribution in [1.82, 2.24) is 0 Å². The van der Waals surface area contributed by atoms with E-state index in [1.54, 1.807) is 0 Å². The molecular formula is C10H20O2. The quantitative estimate of drug-likeness (QED) is 0.637. The van der Waals surface area contributed by atoms with Gasteiger partial charge in [0.05, 0.1) is 12.2 Å². The first-order valence-electron chi connectivity index (χ1n) is 4.79. The third-order valence-electron chi connectivity index (χ3n) is 2.12. The van der Waals surface area contributed by atoms with E-state index in [9.17, 15) is 0 Å². The molecule has 1 aliphatic rings. The summed E-state index contributed by atoms with van der Waals surface area (Å²) in [5.41, 5.74) is 0.0117. The molecule has 0 aliphatic carbocycles. The lowest BCUT2D eigenvalue weighted by molar-refractivity contribution is -0.249. The van der Waals surface area contributed by atoms with Gasteiger partial charge in [-0.1, -0.05) is 13.8 Å². The Kier molecular flexibility index (Phi) is 3.13. The summed E-state index contributed by atoms with van der Waals surface area (Å²) >= 11 is 0. The molecule has 1 saturated heterocycles. The Balaban J connectivity index is 2.36. The molecule has 1 aliphatic heterocycles. The highest BCUT2D eigenvalue weighted by atomic mass is 16.7. The molecule has 2 nitrogen and oxygen atoms in total. The summed E-state index contributed by atoms with van der Waals surface area (Å²) in [4.78, 5) is 0. The van der Waals surface area contributed by atoms with Gasteiger partial charge in [0.1, 0.15) is 0 Å². The fourth-order valence-corrected chi connectivity index (χ4v) is 1.39. The monoisotopic (exact) mass is 172 g/mol. The van der Waals surface area contributed by atoms with Crippen LogP contribution in [0.25, 0.3) is 0 Å². The fraction of sp³-hybridized carbons (Fsp3) is 1.00. The molecule has 0 bridgehead atoms. The highest BCUT2D eigenvalue weighted by Crippen LogP contribution is 2.25. The van der Waals surface area contributed by atoms with Crippen molar-refractivity contribution in [3.05, 3.63) is 0 Å². The summed E-state index contributed by atoms with van der Waals surface area (Å²) in [6, 6.07) is 0. The van der Waals surface area contributed by atoms with Gasteiger partial charge in [-0.05, 0) is 26.2 Å². The normalized spacial score (nSPS) is 29.2. The zero-order valence-electron chi connectivity index (χ0n) is 8.59. The lowest BCUT2D eigenvalue weighted by Crippen LogP contribution is -2.39. The van der Waals surface area contributed by atoms with Crippen molar-refractivity contribution in [2.75, 3.05) is 6.61 Å². The summed E-state index contributed by atoms with van der Waals surface area (Å²) in [6.45, 7) is 9.47. The highest BCUT2D eigenvalue weighted by Gasteiger charge is 2.29. The second-order valence-corrected chi connectivity index (χ2v) is 4.56. The van der Waals surface area contributed by atoms with Gasteiger partial charge in [-0.25, -0.2) is 0 Å². The Morgan fingerprint density at radius 3 is 2.58 bits per heavy atom. The van der Waals surface area contributed by atoms with Crippen LogP contribution in [0, 0.1) is 5.92 Å². The van der Waals surface area contributed by atoms with E-state index in [0.29, 0.717) is 5.92 Å². The van der Waals surface area contributed by atoms with Gasteiger partial charge in [-0.15, -0.1) is 0 Å². The molecule has 12 heavy (non-hydrogen) atoms. The molecule has 2 heteroatoms. The number of ether oxygens (including phenoxy) is 2. The van der Waals surface area contributed by atoms with Gasteiger partial charge in [0.2, 0.25) is 0 Å². The van der Waals surface area contributed by atoms with E-state index in [4.69, 9.17) is 9.47 Å². The van der Waals surface area contributed by atoms with E-state index in [2.05, 4.69) is 27.7 Å². The maximum atomic E-state index is 5.76. The molecular weight excluding hydrogens is 152 g/mol. The van der Waals surface area contributed by atoms with Crippen LogP contribution in [0.1, 0.15) is 40.5 Å². The second kappa shape index (κ2) is 3.75. The maximum absolute atomic E-state index is 5.76. The molecule has 1 atom stereocenters. The van der Waals surface area contributed by atoms with Crippen molar-refractivity contribution in [1.29, 1.82) is 0 Å². The van der Waals surface area contributed by atoms with Crippen LogP contribution in [0.2, 0.25) is 0 Å². The molecule has 0 radical (unpaired) electrons. The van der Waals surface area contributed by atoms with Crippen molar-refractivity contribution in [3.63, 3.8) is 0 Å². The summed E-state index contributed by atoms with van der Waals surface area (Å²) < 4.78 is 11.3. The Labute approximate surface area is 75.2 Å².